The minimum absolute atomic E-state index is 0.0929. The highest BCUT2D eigenvalue weighted by Crippen LogP contribution is 2.42. The smallest absolute Gasteiger partial charge is 0.274 e. The number of morpholine rings is 1. The van der Waals surface area contributed by atoms with Crippen molar-refractivity contribution >= 4 is 16.7 Å². The Hall–Kier alpha value is -3.14. The molecule has 7 nitrogen and oxygen atoms in total. The number of anilines is 1. The molecule has 0 radical (unpaired) electrons. The average Bonchev–Trinajstić information content (AvgIpc) is 3.64. The molecule has 0 spiro atoms. The Labute approximate surface area is 194 Å². The zero-order chi connectivity index (χ0) is 24.0. The summed E-state index contributed by atoms with van der Waals surface area (Å²) in [4.78, 5) is 22.6. The van der Waals surface area contributed by atoms with Gasteiger partial charge >= 0.3 is 0 Å². The van der Waals surface area contributed by atoms with Gasteiger partial charge in [-0.25, -0.2) is 27.8 Å². The van der Waals surface area contributed by atoms with Crippen LogP contribution in [0.4, 0.5) is 19.0 Å². The lowest BCUT2D eigenvalue weighted by molar-refractivity contribution is 0.110. The zero-order valence-corrected chi connectivity index (χ0v) is 19.0. The van der Waals surface area contributed by atoms with Crippen LogP contribution in [-0.2, 0) is 4.74 Å². The average molecular weight is 473 g/mol. The van der Waals surface area contributed by atoms with Gasteiger partial charge in [-0.3, -0.25) is 4.79 Å². The number of pyridine rings is 1. The van der Waals surface area contributed by atoms with Crippen LogP contribution in [0.2, 0.25) is 0 Å². The van der Waals surface area contributed by atoms with Crippen molar-refractivity contribution in [2.24, 2.45) is 0 Å². The van der Waals surface area contributed by atoms with E-state index in [-0.39, 0.29) is 17.0 Å². The van der Waals surface area contributed by atoms with Gasteiger partial charge in [-0.1, -0.05) is 18.2 Å². The van der Waals surface area contributed by atoms with E-state index in [0.717, 1.165) is 18.9 Å². The van der Waals surface area contributed by atoms with E-state index < -0.39 is 23.8 Å². The van der Waals surface area contributed by atoms with Crippen LogP contribution in [0.5, 0.6) is 0 Å². The second kappa shape index (κ2) is 8.90. The van der Waals surface area contributed by atoms with E-state index in [4.69, 9.17) is 4.74 Å². The highest BCUT2D eigenvalue weighted by atomic mass is 19.3. The van der Waals surface area contributed by atoms with Gasteiger partial charge in [0, 0.05) is 17.3 Å². The summed E-state index contributed by atoms with van der Waals surface area (Å²) in [6.07, 6.45) is 0.657. The summed E-state index contributed by atoms with van der Waals surface area (Å²) < 4.78 is 48.3. The molecule has 1 atom stereocenters. The predicted molar refractivity (Wildman–Crippen MR) is 123 cm³/mol. The number of benzene rings is 1. The molecule has 2 aromatic heterocycles. The minimum Gasteiger partial charge on any atom is -0.378 e. The largest absolute Gasteiger partial charge is 0.378 e. The van der Waals surface area contributed by atoms with Crippen molar-refractivity contribution in [1.82, 2.24) is 14.6 Å². The third kappa shape index (κ3) is 4.11. The number of nitrogens with zero attached hydrogens (tertiary/aromatic N) is 4. The van der Waals surface area contributed by atoms with Crippen LogP contribution in [0, 0.1) is 12.7 Å². The zero-order valence-electron chi connectivity index (χ0n) is 19.0. The summed E-state index contributed by atoms with van der Waals surface area (Å²) in [7, 11) is 0. The van der Waals surface area contributed by atoms with Gasteiger partial charge in [0.15, 0.2) is 0 Å². The lowest BCUT2D eigenvalue weighted by atomic mass is 10.0. The Balaban J connectivity index is 1.62. The van der Waals surface area contributed by atoms with E-state index in [9.17, 15) is 18.0 Å². The van der Waals surface area contributed by atoms with Crippen molar-refractivity contribution in [3.63, 3.8) is 0 Å². The lowest BCUT2D eigenvalue weighted by Gasteiger charge is -2.31. The number of ether oxygens (including phenoxy) is 1. The number of nitrogens with one attached hydrogen (secondary N) is 1. The van der Waals surface area contributed by atoms with Crippen LogP contribution in [0.1, 0.15) is 60.7 Å². The molecule has 1 saturated carbocycles. The van der Waals surface area contributed by atoms with Gasteiger partial charge in [0.2, 0.25) is 0 Å². The van der Waals surface area contributed by atoms with Gasteiger partial charge in [0.25, 0.3) is 12.0 Å². The third-order valence-corrected chi connectivity index (χ3v) is 6.39. The van der Waals surface area contributed by atoms with Gasteiger partial charge in [-0.05, 0) is 32.6 Å². The van der Waals surface area contributed by atoms with E-state index in [1.54, 1.807) is 24.7 Å². The first-order valence-electron chi connectivity index (χ1n) is 11.4. The van der Waals surface area contributed by atoms with Crippen molar-refractivity contribution in [2.75, 3.05) is 36.6 Å². The molecule has 1 aromatic carbocycles. The normalized spacial score (nSPS) is 17.4. The lowest BCUT2D eigenvalue weighted by Crippen LogP contribution is -2.49. The van der Waals surface area contributed by atoms with Gasteiger partial charge in [0.1, 0.15) is 17.5 Å². The van der Waals surface area contributed by atoms with Crippen molar-refractivity contribution in [2.45, 2.75) is 45.1 Å². The molecule has 1 N–H and O–H groups in total. The number of hydrogen-bond donors (Lipinski definition) is 1. The monoisotopic (exact) mass is 473 g/mol. The fourth-order valence-electron chi connectivity index (χ4n) is 4.50. The van der Waals surface area contributed by atoms with E-state index >= 15 is 0 Å². The topological polar surface area (TPSA) is 72.3 Å². The molecule has 0 unspecified atom stereocenters. The first kappa shape index (κ1) is 22.6. The second-order valence-corrected chi connectivity index (χ2v) is 8.83. The van der Waals surface area contributed by atoms with E-state index in [1.165, 1.54) is 12.1 Å². The van der Waals surface area contributed by atoms with Crippen molar-refractivity contribution < 1.29 is 17.9 Å². The van der Waals surface area contributed by atoms with Gasteiger partial charge in [-0.2, -0.15) is 0 Å². The van der Waals surface area contributed by atoms with Crippen LogP contribution in [0.3, 0.4) is 0 Å². The van der Waals surface area contributed by atoms with Gasteiger partial charge < -0.3 is 15.1 Å². The van der Waals surface area contributed by atoms with Crippen LogP contribution in [0.15, 0.2) is 29.2 Å². The van der Waals surface area contributed by atoms with E-state index in [1.807, 2.05) is 5.01 Å². The number of aromatic nitrogens is 3. The highest BCUT2D eigenvalue weighted by molar-refractivity contribution is 5.91. The molecule has 3 heterocycles. The first-order chi connectivity index (χ1) is 16.3. The molecule has 1 aliphatic heterocycles. The molecule has 1 aliphatic carbocycles. The molecule has 10 heteroatoms. The number of halogens is 3. The SMILES string of the molecule is Cc1nc(N[C@H](C)c2cccc(C(F)F)c2F)c2cn(N3CCOCC3)c(=O)c(C3CC3)c2n1. The Morgan fingerprint density at radius 1 is 1.15 bits per heavy atom. The van der Waals surface area contributed by atoms with Gasteiger partial charge in [0.05, 0.1) is 48.8 Å². The van der Waals surface area contributed by atoms with Crippen LogP contribution >= 0.6 is 0 Å². The maximum Gasteiger partial charge on any atom is 0.274 e. The van der Waals surface area contributed by atoms with Crippen molar-refractivity contribution in [3.8, 4) is 0 Å². The third-order valence-electron chi connectivity index (χ3n) is 6.39. The Morgan fingerprint density at radius 2 is 1.85 bits per heavy atom. The molecule has 0 bridgehead atoms. The number of rotatable bonds is 6. The molecule has 1 saturated heterocycles. The molecule has 2 fully saturated rings. The van der Waals surface area contributed by atoms with Crippen molar-refractivity contribution in [1.29, 1.82) is 0 Å². The second-order valence-electron chi connectivity index (χ2n) is 8.83. The van der Waals surface area contributed by atoms with Crippen molar-refractivity contribution in [3.05, 3.63) is 63.1 Å². The highest BCUT2D eigenvalue weighted by Gasteiger charge is 2.32. The minimum atomic E-state index is -2.90. The summed E-state index contributed by atoms with van der Waals surface area (Å²) in [5.74, 6) is 0.106. The summed E-state index contributed by atoms with van der Waals surface area (Å²) in [5, 5.41) is 5.77. The van der Waals surface area contributed by atoms with Crippen LogP contribution in [-0.4, -0.2) is 40.9 Å². The van der Waals surface area contributed by atoms with Gasteiger partial charge in [-0.15, -0.1) is 0 Å². The molecule has 2 aliphatic rings. The quantitative estimate of drug-likeness (QED) is 0.579. The predicted octanol–water partition coefficient (Wildman–Crippen LogP) is 4.20. The molecule has 3 aromatic rings. The Bertz CT molecular complexity index is 1290. The Kier molecular flexibility index (Phi) is 5.93. The maximum absolute atomic E-state index is 14.8. The summed E-state index contributed by atoms with van der Waals surface area (Å²) in [5.41, 5.74) is 0.639. The molecular formula is C24H26F3N5O2. The summed E-state index contributed by atoms with van der Waals surface area (Å²) in [6, 6.07) is 3.34. The number of hydrogen-bond acceptors (Lipinski definition) is 6. The Morgan fingerprint density at radius 3 is 2.53 bits per heavy atom. The standard InChI is InChI=1S/C24H26F3N5O2/c1-13(16-4-3-5-17(20(16)25)22(26)27)28-23-18-12-32(31-8-10-34-11-9-31)24(33)19(15-6-7-15)21(18)29-14(2)30-23/h3-5,12-13,15,22H,6-11H2,1-2H3,(H,28,29,30)/t13-/m1/s1. The maximum atomic E-state index is 14.8. The number of alkyl halides is 2. The van der Waals surface area contributed by atoms with E-state index in [0.29, 0.717) is 54.4 Å². The fourth-order valence-corrected chi connectivity index (χ4v) is 4.50. The molecule has 5 rings (SSSR count). The summed E-state index contributed by atoms with van der Waals surface area (Å²) >= 11 is 0. The summed E-state index contributed by atoms with van der Waals surface area (Å²) in [6.45, 7) is 5.62. The molecule has 180 valence electrons. The number of fused-ring (bicyclic) bond motifs is 1. The van der Waals surface area contributed by atoms with Crippen LogP contribution in [0.25, 0.3) is 10.9 Å². The van der Waals surface area contributed by atoms with E-state index in [2.05, 4.69) is 15.3 Å². The first-order valence-corrected chi connectivity index (χ1v) is 11.4. The van der Waals surface area contributed by atoms with Crippen LogP contribution < -0.4 is 15.9 Å². The molecule has 0 amide bonds. The number of aryl methyl sites for hydroxylation is 1. The fraction of sp³-hybridized carbons (Fsp3) is 0.458. The molecule has 34 heavy (non-hydrogen) atoms. The molecular weight excluding hydrogens is 447 g/mol.